The Morgan fingerprint density at radius 2 is 0.684 bits per heavy atom. The van der Waals surface area contributed by atoms with Crippen LogP contribution in [-0.4, -0.2) is 0 Å². The summed E-state index contributed by atoms with van der Waals surface area (Å²) in [6.07, 6.45) is 0. The van der Waals surface area contributed by atoms with Crippen molar-refractivity contribution in [1.82, 2.24) is 0 Å². The zero-order valence-corrected chi connectivity index (χ0v) is 35.2. The van der Waals surface area contributed by atoms with E-state index in [9.17, 15) is 0 Å². The quantitative estimate of drug-likeness (QED) is 0.168. The standard InChI is InChI=1S/C56H50S/c1-31(2)35-17-21-39-40-22-18-36(32(3)4)26-48(40)55(47(39)25-35)45-14-10-11-15-46(45)56(52-30-54-44(29-51(52)55)43-13-9-12-16-53(43)57-54)49-27-37(33(5)6)19-23-41(49)42-24-20-38(34(7)8)28-50(42)56/h9-34H,1-8H3. The van der Waals surface area contributed by atoms with Crippen molar-refractivity contribution >= 4 is 31.5 Å². The Hall–Kier alpha value is -5.24. The summed E-state index contributed by atoms with van der Waals surface area (Å²) in [6, 6.07) is 53.8. The molecule has 8 aromatic rings. The first kappa shape index (κ1) is 35.0. The van der Waals surface area contributed by atoms with E-state index >= 15 is 0 Å². The molecule has 0 N–H and O–H groups in total. The molecule has 3 aliphatic rings. The van der Waals surface area contributed by atoms with E-state index < -0.39 is 10.8 Å². The van der Waals surface area contributed by atoms with Gasteiger partial charge in [-0.1, -0.05) is 171 Å². The van der Waals surface area contributed by atoms with Crippen LogP contribution in [0, 0.1) is 0 Å². The Morgan fingerprint density at radius 3 is 1.09 bits per heavy atom. The fourth-order valence-electron chi connectivity index (χ4n) is 11.1. The second-order valence-corrected chi connectivity index (χ2v) is 19.5. The molecular weight excluding hydrogens is 705 g/mol. The summed E-state index contributed by atoms with van der Waals surface area (Å²) in [5, 5.41) is 2.72. The molecule has 0 fully saturated rings. The molecule has 7 aromatic carbocycles. The molecule has 0 nitrogen and oxygen atoms in total. The van der Waals surface area contributed by atoms with Gasteiger partial charge in [0.05, 0.1) is 10.8 Å². The molecule has 1 heterocycles. The minimum absolute atomic E-state index is 0.410. The van der Waals surface area contributed by atoms with Crippen molar-refractivity contribution in [2.24, 2.45) is 0 Å². The highest BCUT2D eigenvalue weighted by Crippen LogP contribution is 2.68. The summed E-state index contributed by atoms with van der Waals surface area (Å²) in [7, 11) is 0. The molecule has 57 heavy (non-hydrogen) atoms. The Balaban J connectivity index is 1.41. The van der Waals surface area contributed by atoms with Gasteiger partial charge in [-0.05, 0) is 131 Å². The average molecular weight is 755 g/mol. The average Bonchev–Trinajstić information content (AvgIpc) is 3.83. The third-order valence-corrected chi connectivity index (χ3v) is 15.2. The van der Waals surface area contributed by atoms with Gasteiger partial charge >= 0.3 is 0 Å². The van der Waals surface area contributed by atoms with Crippen molar-refractivity contribution in [3.8, 4) is 22.3 Å². The monoisotopic (exact) mass is 754 g/mol. The van der Waals surface area contributed by atoms with E-state index in [-0.39, 0.29) is 0 Å². The van der Waals surface area contributed by atoms with Crippen LogP contribution in [0.15, 0.2) is 133 Å². The first-order chi connectivity index (χ1) is 27.5. The zero-order chi connectivity index (χ0) is 39.1. The molecule has 0 atom stereocenters. The van der Waals surface area contributed by atoms with Gasteiger partial charge in [-0.2, -0.15) is 0 Å². The number of thiophene rings is 1. The lowest BCUT2D eigenvalue weighted by molar-refractivity contribution is 0.631. The number of hydrogen-bond acceptors (Lipinski definition) is 1. The van der Waals surface area contributed by atoms with Crippen molar-refractivity contribution in [3.05, 3.63) is 200 Å². The summed E-state index contributed by atoms with van der Waals surface area (Å²) in [4.78, 5) is 0. The van der Waals surface area contributed by atoms with Gasteiger partial charge in [-0.3, -0.25) is 0 Å². The van der Waals surface area contributed by atoms with Crippen LogP contribution in [0.25, 0.3) is 42.4 Å². The molecule has 1 heteroatoms. The van der Waals surface area contributed by atoms with Crippen molar-refractivity contribution in [3.63, 3.8) is 0 Å². The summed E-state index contributed by atoms with van der Waals surface area (Å²) < 4.78 is 2.72. The van der Waals surface area contributed by atoms with Gasteiger partial charge in [0.25, 0.3) is 0 Å². The first-order valence-electron chi connectivity index (χ1n) is 21.2. The first-order valence-corrected chi connectivity index (χ1v) is 22.0. The predicted octanol–water partition coefficient (Wildman–Crippen LogP) is 15.6. The van der Waals surface area contributed by atoms with Gasteiger partial charge in [-0.25, -0.2) is 0 Å². The summed E-state index contributed by atoms with van der Waals surface area (Å²) in [6.45, 7) is 18.8. The van der Waals surface area contributed by atoms with E-state index in [2.05, 4.69) is 189 Å². The van der Waals surface area contributed by atoms with Crippen molar-refractivity contribution in [2.75, 3.05) is 0 Å². The predicted molar refractivity (Wildman–Crippen MR) is 244 cm³/mol. The topological polar surface area (TPSA) is 0 Å². The molecule has 0 bridgehead atoms. The van der Waals surface area contributed by atoms with Crippen LogP contribution in [0.4, 0.5) is 0 Å². The van der Waals surface area contributed by atoms with Crippen LogP contribution in [0.3, 0.4) is 0 Å². The molecule has 0 saturated heterocycles. The number of rotatable bonds is 4. The molecule has 2 spiro atoms. The van der Waals surface area contributed by atoms with E-state index in [1.165, 1.54) is 109 Å². The molecule has 0 amide bonds. The molecule has 3 aliphatic carbocycles. The van der Waals surface area contributed by atoms with Crippen LogP contribution in [-0.2, 0) is 10.8 Å². The molecule has 0 aliphatic heterocycles. The van der Waals surface area contributed by atoms with E-state index in [1.54, 1.807) is 0 Å². The second-order valence-electron chi connectivity index (χ2n) is 18.4. The molecule has 280 valence electrons. The normalized spacial score (nSPS) is 15.2. The summed E-state index contributed by atoms with van der Waals surface area (Å²) in [5.41, 5.74) is 21.5. The third kappa shape index (κ3) is 4.45. The number of fused-ring (bicyclic) bond motifs is 19. The highest BCUT2D eigenvalue weighted by Gasteiger charge is 2.59. The van der Waals surface area contributed by atoms with Crippen molar-refractivity contribution in [2.45, 2.75) is 89.9 Å². The Labute approximate surface area is 342 Å². The van der Waals surface area contributed by atoms with Gasteiger partial charge in [0.2, 0.25) is 0 Å². The fourth-order valence-corrected chi connectivity index (χ4v) is 12.3. The highest BCUT2D eigenvalue weighted by atomic mass is 32.1. The Morgan fingerprint density at radius 1 is 0.316 bits per heavy atom. The SMILES string of the molecule is CC(C)c1ccc2c(c1)C1(c3cc(C(C)C)ccc3-2)c2ccccc2C2(c3cc(C(C)C)ccc3-c3ccc(C(C)C)cc32)c2cc3c(cc21)sc1ccccc13. The lowest BCUT2D eigenvalue weighted by atomic mass is 9.52. The minimum Gasteiger partial charge on any atom is -0.135 e. The van der Waals surface area contributed by atoms with Crippen LogP contribution >= 0.6 is 11.3 Å². The van der Waals surface area contributed by atoms with Crippen LogP contribution < -0.4 is 0 Å². The molecule has 0 saturated carbocycles. The van der Waals surface area contributed by atoms with Gasteiger partial charge < -0.3 is 0 Å². The van der Waals surface area contributed by atoms with Gasteiger partial charge in [0.1, 0.15) is 0 Å². The van der Waals surface area contributed by atoms with Gasteiger partial charge in [-0.15, -0.1) is 11.3 Å². The molecule has 1 aromatic heterocycles. The van der Waals surface area contributed by atoms with E-state index in [0.29, 0.717) is 23.7 Å². The Kier molecular flexibility index (Phi) is 7.45. The molecule has 0 radical (unpaired) electrons. The van der Waals surface area contributed by atoms with E-state index in [4.69, 9.17) is 0 Å². The maximum atomic E-state index is 2.67. The largest absolute Gasteiger partial charge is 0.135 e. The Bertz CT molecular complexity index is 2870. The smallest absolute Gasteiger partial charge is 0.0720 e. The lowest BCUT2D eigenvalue weighted by Gasteiger charge is -2.49. The summed E-state index contributed by atoms with van der Waals surface area (Å²) in [5.74, 6) is 1.64. The molecule has 0 unspecified atom stereocenters. The van der Waals surface area contributed by atoms with Crippen molar-refractivity contribution in [1.29, 1.82) is 0 Å². The third-order valence-electron chi connectivity index (χ3n) is 14.1. The lowest BCUT2D eigenvalue weighted by Crippen LogP contribution is -2.44. The minimum atomic E-state index is -0.511. The molecule has 11 rings (SSSR count). The van der Waals surface area contributed by atoms with E-state index in [0.717, 1.165) is 0 Å². The van der Waals surface area contributed by atoms with E-state index in [1.807, 2.05) is 11.3 Å². The van der Waals surface area contributed by atoms with Gasteiger partial charge in [0, 0.05) is 20.2 Å². The zero-order valence-electron chi connectivity index (χ0n) is 34.4. The number of benzene rings is 7. The maximum absolute atomic E-state index is 2.67. The highest BCUT2D eigenvalue weighted by molar-refractivity contribution is 7.25. The maximum Gasteiger partial charge on any atom is 0.0720 e. The summed E-state index contributed by atoms with van der Waals surface area (Å²) >= 11 is 1.95. The second kappa shape index (κ2) is 12.1. The van der Waals surface area contributed by atoms with Crippen LogP contribution in [0.1, 0.15) is 146 Å². The van der Waals surface area contributed by atoms with Crippen LogP contribution in [0.5, 0.6) is 0 Å². The van der Waals surface area contributed by atoms with Crippen LogP contribution in [0.2, 0.25) is 0 Å². The molecular formula is C56H50S. The fraction of sp³-hybridized carbons (Fsp3) is 0.250. The number of hydrogen-bond donors (Lipinski definition) is 0. The van der Waals surface area contributed by atoms with Crippen molar-refractivity contribution < 1.29 is 0 Å². The van der Waals surface area contributed by atoms with Gasteiger partial charge in [0.15, 0.2) is 0 Å².